The van der Waals surface area contributed by atoms with E-state index in [9.17, 15) is 22.8 Å². The van der Waals surface area contributed by atoms with Gasteiger partial charge >= 0.3 is 16.4 Å². The van der Waals surface area contributed by atoms with E-state index in [4.69, 9.17) is 15.1 Å². The van der Waals surface area contributed by atoms with Crippen LogP contribution in [0.4, 0.5) is 4.79 Å². The predicted molar refractivity (Wildman–Crippen MR) is 90.9 cm³/mol. The Morgan fingerprint density at radius 2 is 2.00 bits per heavy atom. The number of nitrogens with one attached hydrogen (secondary N) is 3. The van der Waals surface area contributed by atoms with Crippen LogP contribution in [0, 0.1) is 0 Å². The number of amides is 4. The second-order valence-corrected chi connectivity index (χ2v) is 6.84. The summed E-state index contributed by atoms with van der Waals surface area (Å²) in [5.41, 5.74) is 8.99. The maximum Gasteiger partial charge on any atom is 0.418 e. The molecule has 0 aliphatic carbocycles. The zero-order chi connectivity index (χ0) is 20.6. The van der Waals surface area contributed by atoms with Crippen molar-refractivity contribution >= 4 is 28.2 Å². The molecule has 1 aliphatic heterocycles. The van der Waals surface area contributed by atoms with Gasteiger partial charge in [0.1, 0.15) is 6.04 Å². The van der Waals surface area contributed by atoms with E-state index in [-0.39, 0.29) is 19.4 Å². The highest BCUT2D eigenvalue weighted by atomic mass is 32.3. The van der Waals surface area contributed by atoms with Gasteiger partial charge in [0.15, 0.2) is 0 Å². The number of hydrogen-bond donors (Lipinski definition) is 5. The Hall–Kier alpha value is -2.00. The minimum atomic E-state index is -4.88. The average Bonchev–Trinajstić information content (AvgIpc) is 3.06. The normalized spacial score (nSPS) is 20.7. The number of urea groups is 1. The third kappa shape index (κ3) is 7.64. The largest absolute Gasteiger partial charge is 0.418 e. The van der Waals surface area contributed by atoms with Crippen LogP contribution in [0.5, 0.6) is 0 Å². The van der Waals surface area contributed by atoms with Gasteiger partial charge in [-0.1, -0.05) is 13.3 Å². The quantitative estimate of drug-likeness (QED) is 0.204. The Kier molecular flexibility index (Phi) is 8.84. The van der Waals surface area contributed by atoms with Crippen LogP contribution in [0.1, 0.15) is 33.1 Å². The van der Waals surface area contributed by atoms with Crippen molar-refractivity contribution in [2.24, 2.45) is 5.73 Å². The Labute approximate surface area is 156 Å². The zero-order valence-corrected chi connectivity index (χ0v) is 15.8. The maximum absolute atomic E-state index is 12.4. The number of rotatable bonds is 10. The van der Waals surface area contributed by atoms with Crippen molar-refractivity contribution in [2.45, 2.75) is 51.3 Å². The summed E-state index contributed by atoms with van der Waals surface area (Å²) in [6, 6.07) is -2.56. The monoisotopic (exact) mass is 411 g/mol. The fourth-order valence-electron chi connectivity index (χ4n) is 2.57. The number of primary amides is 1. The van der Waals surface area contributed by atoms with Crippen molar-refractivity contribution in [2.75, 3.05) is 13.1 Å². The summed E-state index contributed by atoms with van der Waals surface area (Å²) >= 11 is 0. The third-order valence-corrected chi connectivity index (χ3v) is 4.13. The Bertz CT molecular complexity index is 643. The summed E-state index contributed by atoms with van der Waals surface area (Å²) in [6.45, 7) is 3.72. The van der Waals surface area contributed by atoms with Crippen molar-refractivity contribution < 1.29 is 36.5 Å². The molecule has 2 unspecified atom stereocenters. The summed E-state index contributed by atoms with van der Waals surface area (Å²) in [4.78, 5) is 41.9. The summed E-state index contributed by atoms with van der Waals surface area (Å²) in [5, 5.41) is 2.84. The summed E-state index contributed by atoms with van der Waals surface area (Å²) in [6.07, 6.45) is 0.611. The number of hydrogen-bond acceptors (Lipinski definition) is 8. The molecule has 1 fully saturated rings. The van der Waals surface area contributed by atoms with Crippen molar-refractivity contribution in [3.8, 4) is 0 Å². The van der Waals surface area contributed by atoms with Crippen molar-refractivity contribution in [1.82, 2.24) is 21.2 Å². The van der Waals surface area contributed by atoms with Crippen LogP contribution >= 0.6 is 0 Å². The molecule has 156 valence electrons. The lowest BCUT2D eigenvalue weighted by Crippen LogP contribution is -2.53. The first-order valence-corrected chi connectivity index (χ1v) is 9.66. The molecule has 13 nitrogen and oxygen atoms in total. The van der Waals surface area contributed by atoms with Gasteiger partial charge in [0.05, 0.1) is 12.1 Å². The second kappa shape index (κ2) is 10.4. The fraction of sp³-hybridized carbons (Fsp3) is 0.769. The Balaban J connectivity index is 2.66. The van der Waals surface area contributed by atoms with Crippen molar-refractivity contribution in [1.29, 1.82) is 0 Å². The second-order valence-electron chi connectivity index (χ2n) is 5.81. The number of likely N-dealkylation sites (N-methyl/N-ethyl adjacent to an activating group) is 1. The van der Waals surface area contributed by atoms with E-state index in [1.807, 2.05) is 0 Å². The number of nitrogens with zero attached hydrogens (tertiary/aromatic N) is 1. The highest BCUT2D eigenvalue weighted by Crippen LogP contribution is 2.11. The van der Waals surface area contributed by atoms with E-state index in [0.717, 1.165) is 4.90 Å². The molecule has 6 N–H and O–H groups in total. The number of nitrogens with two attached hydrogens (primary N) is 1. The lowest BCUT2D eigenvalue weighted by molar-refractivity contribution is -0.142. The molecule has 1 aliphatic rings. The van der Waals surface area contributed by atoms with Crippen LogP contribution < -0.4 is 22.0 Å². The highest BCUT2D eigenvalue weighted by Gasteiger charge is 2.32. The van der Waals surface area contributed by atoms with E-state index in [0.29, 0.717) is 13.0 Å². The van der Waals surface area contributed by atoms with Gasteiger partial charge in [0.2, 0.25) is 5.91 Å². The predicted octanol–water partition coefficient (Wildman–Crippen LogP) is -1.82. The number of hydroxylamine groups is 2. The van der Waals surface area contributed by atoms with E-state index in [2.05, 4.69) is 15.1 Å². The van der Waals surface area contributed by atoms with Crippen molar-refractivity contribution in [3.63, 3.8) is 0 Å². The minimum Gasteiger partial charge on any atom is -0.368 e. The van der Waals surface area contributed by atoms with Crippen LogP contribution in [0.2, 0.25) is 0 Å². The van der Waals surface area contributed by atoms with Gasteiger partial charge in [-0.15, -0.1) is 4.28 Å². The molecule has 14 heteroatoms. The summed E-state index contributed by atoms with van der Waals surface area (Å²) in [7, 11) is -4.88. The first-order chi connectivity index (χ1) is 12.6. The molecule has 0 aromatic heterocycles. The van der Waals surface area contributed by atoms with Crippen LogP contribution in [-0.2, 0) is 29.1 Å². The molecule has 1 saturated heterocycles. The molecule has 4 amide bonds. The molecule has 0 spiro atoms. The lowest BCUT2D eigenvalue weighted by Gasteiger charge is -2.29. The molecule has 0 aromatic carbocycles. The van der Waals surface area contributed by atoms with E-state index in [1.165, 1.54) is 0 Å². The van der Waals surface area contributed by atoms with Gasteiger partial charge in [0.25, 0.3) is 5.91 Å². The standard InChI is InChI=1S/C13H25N5O8S/c1-3-5-10(18(4-2)13(21)17-26-27(22,23)24)12(20)16-25-8-6-9(11(14)19)15-7-8/h8-10,15H,3-7H2,1-2H3,(H2,14,19)(H,16,20)(H,17,21)(H,22,23,24)/t8?,9?,10-/m0/s1. The molecule has 0 bridgehead atoms. The van der Waals surface area contributed by atoms with E-state index in [1.54, 1.807) is 19.3 Å². The fourth-order valence-corrected chi connectivity index (χ4v) is 2.75. The van der Waals surface area contributed by atoms with Crippen molar-refractivity contribution in [3.05, 3.63) is 0 Å². The van der Waals surface area contributed by atoms with Gasteiger partial charge in [0, 0.05) is 19.5 Å². The third-order valence-electron chi connectivity index (χ3n) is 3.84. The topological polar surface area (TPSA) is 189 Å². The van der Waals surface area contributed by atoms with Crippen LogP contribution in [0.3, 0.4) is 0 Å². The molecule has 3 atom stereocenters. The maximum atomic E-state index is 12.4. The number of carbonyl (C=O) groups is 3. The van der Waals surface area contributed by atoms with Gasteiger partial charge in [-0.05, 0) is 13.3 Å². The molecule has 0 aromatic rings. The summed E-state index contributed by atoms with van der Waals surface area (Å²) < 4.78 is 33.5. The minimum absolute atomic E-state index is 0.0491. The van der Waals surface area contributed by atoms with Crippen LogP contribution in [0.15, 0.2) is 0 Å². The molecular weight excluding hydrogens is 386 g/mol. The smallest absolute Gasteiger partial charge is 0.368 e. The van der Waals surface area contributed by atoms with Crippen LogP contribution in [0.25, 0.3) is 0 Å². The SMILES string of the molecule is CCC[C@@H](C(=O)NOC1CNC(C(N)=O)C1)N(CC)C(=O)NOS(=O)(=O)O. The van der Waals surface area contributed by atoms with E-state index < -0.39 is 46.4 Å². The highest BCUT2D eigenvalue weighted by molar-refractivity contribution is 7.80. The number of carbonyl (C=O) groups excluding carboxylic acids is 3. The first kappa shape index (κ1) is 23.0. The van der Waals surface area contributed by atoms with Gasteiger partial charge in [-0.2, -0.15) is 13.9 Å². The van der Waals surface area contributed by atoms with Crippen LogP contribution in [-0.4, -0.2) is 67.0 Å². The zero-order valence-electron chi connectivity index (χ0n) is 15.0. The van der Waals surface area contributed by atoms with Gasteiger partial charge in [-0.3, -0.25) is 19.0 Å². The Morgan fingerprint density at radius 3 is 2.48 bits per heavy atom. The molecular formula is C13H25N5O8S. The summed E-state index contributed by atoms with van der Waals surface area (Å²) in [5.74, 6) is -1.16. The molecule has 0 saturated carbocycles. The first-order valence-electron chi connectivity index (χ1n) is 8.29. The van der Waals surface area contributed by atoms with E-state index >= 15 is 0 Å². The van der Waals surface area contributed by atoms with Gasteiger partial charge in [-0.25, -0.2) is 10.3 Å². The van der Waals surface area contributed by atoms with Gasteiger partial charge < -0.3 is 16.0 Å². The molecule has 1 heterocycles. The molecule has 27 heavy (non-hydrogen) atoms. The average molecular weight is 411 g/mol. The molecule has 1 rings (SSSR count). The Morgan fingerprint density at radius 1 is 1.33 bits per heavy atom. The molecule has 0 radical (unpaired) electrons. The lowest BCUT2D eigenvalue weighted by atomic mass is 10.1.